The molecule has 0 saturated carbocycles. The third kappa shape index (κ3) is 3.77. The smallest absolute Gasteiger partial charge is 0.251 e. The summed E-state index contributed by atoms with van der Waals surface area (Å²) in [4.78, 5) is 12.0. The number of hydrogen-bond donors (Lipinski definition) is 2. The molecule has 2 aromatic rings. The fraction of sp³-hybridized carbons (Fsp3) is 0.133. The lowest BCUT2D eigenvalue weighted by atomic mass is 10.1. The number of nitrogens with one attached hydrogen (secondary N) is 1. The van der Waals surface area contributed by atoms with E-state index in [0.29, 0.717) is 5.56 Å². The Hall–Kier alpha value is -1.98. The van der Waals surface area contributed by atoms with Crippen LogP contribution in [-0.4, -0.2) is 17.6 Å². The van der Waals surface area contributed by atoms with Crippen molar-refractivity contribution in [3.05, 3.63) is 70.2 Å². The maximum Gasteiger partial charge on any atom is 0.251 e. The molecular weight excluding hydrogens is 300 g/mol. The van der Waals surface area contributed by atoms with Gasteiger partial charge in [-0.25, -0.2) is 8.78 Å². The Kier molecular flexibility index (Phi) is 4.88. The number of benzene rings is 2. The molecule has 0 saturated heterocycles. The predicted molar refractivity (Wildman–Crippen MR) is 75.1 cm³/mol. The first-order chi connectivity index (χ1) is 10.0. The summed E-state index contributed by atoms with van der Waals surface area (Å²) < 4.78 is 26.2. The van der Waals surface area contributed by atoms with E-state index in [1.165, 1.54) is 24.3 Å². The molecule has 0 aliphatic heterocycles. The Balaban J connectivity index is 2.16. The highest BCUT2D eigenvalue weighted by Gasteiger charge is 2.16. The zero-order chi connectivity index (χ0) is 15.4. The van der Waals surface area contributed by atoms with Crippen LogP contribution in [0.5, 0.6) is 0 Å². The van der Waals surface area contributed by atoms with Crippen LogP contribution in [0.4, 0.5) is 8.78 Å². The normalized spacial score (nSPS) is 12.0. The highest BCUT2D eigenvalue weighted by Crippen LogP contribution is 2.20. The predicted octanol–water partition coefficient (Wildman–Crippen LogP) is 3.08. The molecule has 1 atom stereocenters. The average Bonchev–Trinajstić information content (AvgIpc) is 2.48. The van der Waals surface area contributed by atoms with E-state index in [4.69, 9.17) is 11.6 Å². The van der Waals surface area contributed by atoms with Crippen molar-refractivity contribution >= 4 is 17.5 Å². The third-order valence-corrected chi connectivity index (χ3v) is 3.25. The van der Waals surface area contributed by atoms with Gasteiger partial charge >= 0.3 is 0 Å². The average molecular weight is 312 g/mol. The van der Waals surface area contributed by atoms with Crippen molar-refractivity contribution in [2.75, 3.05) is 6.61 Å². The number of rotatable bonds is 4. The summed E-state index contributed by atoms with van der Waals surface area (Å²) in [5.41, 5.74) is 0.624. The molecule has 0 aliphatic rings. The minimum Gasteiger partial charge on any atom is -0.394 e. The van der Waals surface area contributed by atoms with Crippen LogP contribution in [0.15, 0.2) is 42.5 Å². The SMILES string of the molecule is O=C(NC(CO)c1ccc(Cl)c(F)c1)c1ccc(F)cc1. The van der Waals surface area contributed by atoms with E-state index < -0.39 is 30.2 Å². The summed E-state index contributed by atoms with van der Waals surface area (Å²) in [5.74, 6) is -1.59. The first-order valence-electron chi connectivity index (χ1n) is 6.13. The number of hydrogen-bond acceptors (Lipinski definition) is 2. The molecular formula is C15H12ClF2NO2. The fourth-order valence-electron chi connectivity index (χ4n) is 1.81. The van der Waals surface area contributed by atoms with Crippen molar-refractivity contribution in [3.63, 3.8) is 0 Å². The summed E-state index contributed by atoms with van der Waals surface area (Å²) >= 11 is 5.58. The molecule has 110 valence electrons. The molecule has 0 radical (unpaired) electrons. The van der Waals surface area contributed by atoms with Crippen LogP contribution in [0, 0.1) is 11.6 Å². The van der Waals surface area contributed by atoms with Gasteiger partial charge in [0.1, 0.15) is 11.6 Å². The molecule has 2 aromatic carbocycles. The van der Waals surface area contributed by atoms with Crippen molar-refractivity contribution in [1.29, 1.82) is 0 Å². The standard InChI is InChI=1S/C15H12ClF2NO2/c16-12-6-3-10(7-13(12)18)14(8-20)19-15(21)9-1-4-11(17)5-2-9/h1-7,14,20H,8H2,(H,19,21). The zero-order valence-electron chi connectivity index (χ0n) is 10.8. The number of carbonyl (C=O) groups excluding carboxylic acids is 1. The summed E-state index contributed by atoms with van der Waals surface area (Å²) in [7, 11) is 0. The Bertz CT molecular complexity index is 647. The lowest BCUT2D eigenvalue weighted by Gasteiger charge is -2.17. The van der Waals surface area contributed by atoms with Gasteiger partial charge in [-0.3, -0.25) is 4.79 Å². The van der Waals surface area contributed by atoms with Crippen molar-refractivity contribution < 1.29 is 18.7 Å². The highest BCUT2D eigenvalue weighted by atomic mass is 35.5. The van der Waals surface area contributed by atoms with Gasteiger partial charge in [0.15, 0.2) is 0 Å². The van der Waals surface area contributed by atoms with E-state index in [9.17, 15) is 18.7 Å². The molecule has 2 rings (SSSR count). The Labute approximate surface area is 125 Å². The maximum absolute atomic E-state index is 13.4. The van der Waals surface area contributed by atoms with Crippen LogP contribution in [0.25, 0.3) is 0 Å². The summed E-state index contributed by atoms with van der Waals surface area (Å²) in [6, 6.07) is 8.18. The quantitative estimate of drug-likeness (QED) is 0.911. The number of carbonyl (C=O) groups is 1. The monoisotopic (exact) mass is 311 g/mol. The van der Waals surface area contributed by atoms with Gasteiger partial charge < -0.3 is 10.4 Å². The van der Waals surface area contributed by atoms with Crippen LogP contribution >= 0.6 is 11.6 Å². The van der Waals surface area contributed by atoms with Crippen LogP contribution in [0.1, 0.15) is 22.0 Å². The Morgan fingerprint density at radius 2 is 1.86 bits per heavy atom. The van der Waals surface area contributed by atoms with E-state index in [2.05, 4.69) is 5.32 Å². The molecule has 0 heterocycles. The fourth-order valence-corrected chi connectivity index (χ4v) is 1.92. The maximum atomic E-state index is 13.4. The molecule has 0 fully saturated rings. The van der Waals surface area contributed by atoms with E-state index >= 15 is 0 Å². The second-order valence-electron chi connectivity index (χ2n) is 4.39. The molecule has 0 aromatic heterocycles. The number of aliphatic hydroxyl groups excluding tert-OH is 1. The number of aliphatic hydroxyl groups is 1. The lowest BCUT2D eigenvalue weighted by Crippen LogP contribution is -2.30. The lowest BCUT2D eigenvalue weighted by molar-refractivity contribution is 0.0916. The van der Waals surface area contributed by atoms with Crippen LogP contribution in [0.3, 0.4) is 0 Å². The first kappa shape index (κ1) is 15.4. The van der Waals surface area contributed by atoms with Crippen LogP contribution in [-0.2, 0) is 0 Å². The molecule has 0 aliphatic carbocycles. The molecule has 21 heavy (non-hydrogen) atoms. The van der Waals surface area contributed by atoms with Gasteiger partial charge in [-0.05, 0) is 42.0 Å². The van der Waals surface area contributed by atoms with Gasteiger partial charge in [-0.15, -0.1) is 0 Å². The second kappa shape index (κ2) is 6.65. The van der Waals surface area contributed by atoms with Crippen LogP contribution in [0.2, 0.25) is 5.02 Å². The molecule has 6 heteroatoms. The summed E-state index contributed by atoms with van der Waals surface area (Å²) in [5, 5.41) is 11.9. The minimum atomic E-state index is -0.783. The van der Waals surface area contributed by atoms with Gasteiger partial charge in [0.25, 0.3) is 5.91 Å². The van der Waals surface area contributed by atoms with Crippen LogP contribution < -0.4 is 5.32 Å². The second-order valence-corrected chi connectivity index (χ2v) is 4.80. The van der Waals surface area contributed by atoms with Crippen molar-refractivity contribution in [3.8, 4) is 0 Å². The largest absolute Gasteiger partial charge is 0.394 e. The van der Waals surface area contributed by atoms with Gasteiger partial charge in [-0.2, -0.15) is 0 Å². The van der Waals surface area contributed by atoms with Gasteiger partial charge in [0.2, 0.25) is 0 Å². The summed E-state index contributed by atoms with van der Waals surface area (Å²) in [6.45, 7) is -0.409. The topological polar surface area (TPSA) is 49.3 Å². The molecule has 3 nitrogen and oxygen atoms in total. The molecule has 1 amide bonds. The zero-order valence-corrected chi connectivity index (χ0v) is 11.6. The van der Waals surface area contributed by atoms with E-state index in [0.717, 1.165) is 18.2 Å². The highest BCUT2D eigenvalue weighted by molar-refractivity contribution is 6.30. The van der Waals surface area contributed by atoms with Crippen molar-refractivity contribution in [2.45, 2.75) is 6.04 Å². The van der Waals surface area contributed by atoms with E-state index in [-0.39, 0.29) is 10.6 Å². The van der Waals surface area contributed by atoms with Gasteiger partial charge in [0.05, 0.1) is 17.7 Å². The molecule has 0 bridgehead atoms. The summed E-state index contributed by atoms with van der Waals surface area (Å²) in [6.07, 6.45) is 0. The Morgan fingerprint density at radius 3 is 2.43 bits per heavy atom. The number of amides is 1. The Morgan fingerprint density at radius 1 is 1.19 bits per heavy atom. The molecule has 0 spiro atoms. The van der Waals surface area contributed by atoms with E-state index in [1.54, 1.807) is 0 Å². The first-order valence-corrected chi connectivity index (χ1v) is 6.51. The van der Waals surface area contributed by atoms with Gasteiger partial charge in [0, 0.05) is 5.56 Å². The third-order valence-electron chi connectivity index (χ3n) is 2.94. The van der Waals surface area contributed by atoms with E-state index in [1.807, 2.05) is 0 Å². The molecule has 2 N–H and O–H groups in total. The van der Waals surface area contributed by atoms with Gasteiger partial charge in [-0.1, -0.05) is 17.7 Å². The molecule has 1 unspecified atom stereocenters. The number of halogens is 3. The van der Waals surface area contributed by atoms with Crippen molar-refractivity contribution in [1.82, 2.24) is 5.32 Å². The minimum absolute atomic E-state index is 0.0414. The van der Waals surface area contributed by atoms with Crippen molar-refractivity contribution in [2.24, 2.45) is 0 Å².